The highest BCUT2D eigenvalue weighted by Crippen LogP contribution is 2.26. The molecule has 0 radical (unpaired) electrons. The number of hydrogen-bond acceptors (Lipinski definition) is 4. The van der Waals surface area contributed by atoms with Crippen molar-refractivity contribution in [2.75, 3.05) is 0 Å². The van der Waals surface area contributed by atoms with Crippen LogP contribution >= 0.6 is 39.9 Å². The molecule has 2 heterocycles. The van der Waals surface area contributed by atoms with Crippen molar-refractivity contribution >= 4 is 56.2 Å². The van der Waals surface area contributed by atoms with E-state index in [4.69, 9.17) is 16.6 Å². The zero-order chi connectivity index (χ0) is 10.1. The van der Waals surface area contributed by atoms with Crippen LogP contribution in [0.5, 0.6) is 0 Å². The topological polar surface area (TPSA) is 42.2 Å². The molecule has 1 N–H and O–H groups in total. The normalized spacial score (nSPS) is 19.1. The lowest BCUT2D eigenvalue weighted by atomic mass is 10.4. The Balaban J connectivity index is 2.27. The first-order valence-electron chi connectivity index (χ1n) is 3.65. The van der Waals surface area contributed by atoms with Crippen LogP contribution in [-0.4, -0.2) is 10.2 Å². The molecule has 1 aliphatic heterocycles. The van der Waals surface area contributed by atoms with Crippen LogP contribution in [-0.2, 0) is 4.79 Å². The van der Waals surface area contributed by atoms with Gasteiger partial charge in [-0.2, -0.15) is 0 Å². The van der Waals surface area contributed by atoms with Gasteiger partial charge in [-0.15, -0.1) is 0 Å². The highest BCUT2D eigenvalue weighted by molar-refractivity contribution is 9.10. The molecule has 1 amide bonds. The number of carbonyl (C=O) groups excluding carboxylic acids is 1. The Hall–Kier alpha value is -0.590. The second-order valence-corrected chi connectivity index (χ2v) is 4.99. The summed E-state index contributed by atoms with van der Waals surface area (Å²) in [5.41, 5.74) is 0. The van der Waals surface area contributed by atoms with E-state index in [1.54, 1.807) is 18.2 Å². The zero-order valence-corrected chi connectivity index (χ0v) is 9.96. The van der Waals surface area contributed by atoms with E-state index >= 15 is 0 Å². The third-order valence-electron chi connectivity index (χ3n) is 1.51. The Morgan fingerprint density at radius 1 is 1.57 bits per heavy atom. The predicted octanol–water partition coefficient (Wildman–Crippen LogP) is 2.53. The van der Waals surface area contributed by atoms with Crippen molar-refractivity contribution in [3.05, 3.63) is 27.5 Å². The lowest BCUT2D eigenvalue weighted by molar-refractivity contribution is -0.115. The molecule has 1 saturated heterocycles. The first-order valence-corrected chi connectivity index (χ1v) is 5.67. The Labute approximate surface area is 98.1 Å². The van der Waals surface area contributed by atoms with Crippen LogP contribution in [0.2, 0.25) is 0 Å². The van der Waals surface area contributed by atoms with Gasteiger partial charge in [-0.3, -0.25) is 4.79 Å². The number of halogens is 1. The minimum absolute atomic E-state index is 0.174. The highest BCUT2D eigenvalue weighted by Gasteiger charge is 2.22. The van der Waals surface area contributed by atoms with Crippen LogP contribution in [0, 0.1) is 0 Å². The standard InChI is InChI=1S/C8H4BrNO2S2/c9-6-2-1-4(12-6)3-5-7(11)10-8(13)14-5/h1-3H,(H,10,11,13). The second kappa shape index (κ2) is 3.88. The van der Waals surface area contributed by atoms with E-state index in [-0.39, 0.29) is 5.91 Å². The van der Waals surface area contributed by atoms with E-state index in [0.29, 0.717) is 19.7 Å². The molecule has 6 heteroatoms. The van der Waals surface area contributed by atoms with Crippen molar-refractivity contribution in [2.45, 2.75) is 0 Å². The van der Waals surface area contributed by atoms with E-state index < -0.39 is 0 Å². The number of carbonyl (C=O) groups is 1. The van der Waals surface area contributed by atoms with Crippen molar-refractivity contribution in [2.24, 2.45) is 0 Å². The summed E-state index contributed by atoms with van der Waals surface area (Å²) in [6.45, 7) is 0. The fourth-order valence-corrected chi connectivity index (χ4v) is 2.30. The number of thioether (sulfide) groups is 1. The largest absolute Gasteiger partial charge is 0.450 e. The molecule has 1 aliphatic rings. The van der Waals surface area contributed by atoms with Crippen LogP contribution < -0.4 is 5.32 Å². The van der Waals surface area contributed by atoms with Crippen LogP contribution in [0.4, 0.5) is 0 Å². The van der Waals surface area contributed by atoms with Crippen molar-refractivity contribution < 1.29 is 9.21 Å². The summed E-state index contributed by atoms with van der Waals surface area (Å²) in [7, 11) is 0. The maximum Gasteiger partial charge on any atom is 0.263 e. The minimum Gasteiger partial charge on any atom is -0.450 e. The van der Waals surface area contributed by atoms with E-state index in [9.17, 15) is 4.79 Å². The average molecular weight is 290 g/mol. The first kappa shape index (κ1) is 9.95. The van der Waals surface area contributed by atoms with Crippen molar-refractivity contribution in [1.29, 1.82) is 0 Å². The third kappa shape index (κ3) is 2.08. The molecule has 1 aromatic rings. The molecule has 0 aliphatic carbocycles. The summed E-state index contributed by atoms with van der Waals surface area (Å²) in [6.07, 6.45) is 1.66. The second-order valence-electron chi connectivity index (χ2n) is 2.49. The quantitative estimate of drug-likeness (QED) is 0.637. The lowest BCUT2D eigenvalue weighted by Crippen LogP contribution is -2.17. The van der Waals surface area contributed by atoms with E-state index in [0.717, 1.165) is 0 Å². The first-order chi connectivity index (χ1) is 6.65. The van der Waals surface area contributed by atoms with Gasteiger partial charge in [0, 0.05) is 6.08 Å². The van der Waals surface area contributed by atoms with Gasteiger partial charge in [0.25, 0.3) is 5.91 Å². The van der Waals surface area contributed by atoms with Gasteiger partial charge in [0.1, 0.15) is 10.1 Å². The lowest BCUT2D eigenvalue weighted by Gasteiger charge is -1.88. The Kier molecular flexibility index (Phi) is 2.76. The molecule has 3 nitrogen and oxygen atoms in total. The molecule has 14 heavy (non-hydrogen) atoms. The van der Waals surface area contributed by atoms with Crippen molar-refractivity contribution in [1.82, 2.24) is 5.32 Å². The fourth-order valence-electron chi connectivity index (χ4n) is 0.956. The third-order valence-corrected chi connectivity index (χ3v) is 3.10. The molecule has 0 saturated carbocycles. The Morgan fingerprint density at radius 3 is 2.86 bits per heavy atom. The smallest absolute Gasteiger partial charge is 0.263 e. The number of thiocarbonyl (C=S) groups is 1. The van der Waals surface area contributed by atoms with Crippen molar-refractivity contribution in [3.63, 3.8) is 0 Å². The Bertz CT molecular complexity index is 438. The van der Waals surface area contributed by atoms with Gasteiger partial charge in [-0.1, -0.05) is 24.0 Å². The van der Waals surface area contributed by atoms with Crippen molar-refractivity contribution in [3.8, 4) is 0 Å². The summed E-state index contributed by atoms with van der Waals surface area (Å²) in [6, 6.07) is 3.54. The molecule has 1 fully saturated rings. The minimum atomic E-state index is -0.174. The molecule has 0 aromatic carbocycles. The van der Waals surface area contributed by atoms with Crippen LogP contribution in [0.15, 0.2) is 26.1 Å². The predicted molar refractivity (Wildman–Crippen MR) is 62.7 cm³/mol. The number of amides is 1. The van der Waals surface area contributed by atoms with E-state index in [1.165, 1.54) is 11.8 Å². The summed E-state index contributed by atoms with van der Waals surface area (Å²) in [5, 5.41) is 2.53. The fraction of sp³-hybridized carbons (Fsp3) is 0. The number of nitrogens with one attached hydrogen (secondary N) is 1. The maximum atomic E-state index is 11.3. The Morgan fingerprint density at radius 2 is 2.36 bits per heavy atom. The zero-order valence-electron chi connectivity index (χ0n) is 6.74. The molecule has 1 aromatic heterocycles. The summed E-state index contributed by atoms with van der Waals surface area (Å²) >= 11 is 9.26. The molecule has 2 rings (SSSR count). The average Bonchev–Trinajstić information content (AvgIpc) is 2.61. The van der Waals surface area contributed by atoms with Gasteiger partial charge >= 0.3 is 0 Å². The number of rotatable bonds is 1. The SMILES string of the molecule is O=C1NC(=S)SC1=Cc1ccc(Br)o1. The molecule has 0 atom stereocenters. The van der Waals surface area contributed by atoms with Gasteiger partial charge in [0.05, 0.1) is 4.91 Å². The molecular weight excluding hydrogens is 286 g/mol. The maximum absolute atomic E-state index is 11.3. The van der Waals surface area contributed by atoms with Crippen LogP contribution in [0.3, 0.4) is 0 Å². The van der Waals surface area contributed by atoms with E-state index in [2.05, 4.69) is 21.2 Å². The molecule has 0 unspecified atom stereocenters. The van der Waals surface area contributed by atoms with Crippen LogP contribution in [0.25, 0.3) is 6.08 Å². The van der Waals surface area contributed by atoms with Gasteiger partial charge in [0.2, 0.25) is 0 Å². The van der Waals surface area contributed by atoms with Gasteiger partial charge in [0.15, 0.2) is 4.67 Å². The summed E-state index contributed by atoms with van der Waals surface area (Å²) in [5.74, 6) is 0.451. The van der Waals surface area contributed by atoms with Gasteiger partial charge < -0.3 is 9.73 Å². The van der Waals surface area contributed by atoms with Gasteiger partial charge in [-0.05, 0) is 28.1 Å². The highest BCUT2D eigenvalue weighted by atomic mass is 79.9. The molecule has 0 bridgehead atoms. The number of furan rings is 1. The summed E-state index contributed by atoms with van der Waals surface area (Å²) < 4.78 is 6.35. The summed E-state index contributed by atoms with van der Waals surface area (Å²) in [4.78, 5) is 11.8. The molecule has 72 valence electrons. The van der Waals surface area contributed by atoms with Crippen LogP contribution in [0.1, 0.15) is 5.76 Å². The monoisotopic (exact) mass is 289 g/mol. The molecular formula is C8H4BrNO2S2. The number of hydrogen-bond donors (Lipinski definition) is 1. The molecule has 0 spiro atoms. The van der Waals surface area contributed by atoms with E-state index in [1.807, 2.05) is 0 Å². The van der Waals surface area contributed by atoms with Gasteiger partial charge in [-0.25, -0.2) is 0 Å².